The maximum absolute atomic E-state index is 6.17. The molecule has 0 radical (unpaired) electrons. The number of hydrogen-bond donors (Lipinski definition) is 2. The average Bonchev–Trinajstić information content (AvgIpc) is 2.60. The van der Waals surface area contributed by atoms with Gasteiger partial charge in [-0.1, -0.05) is 29.8 Å². The molecule has 2 aromatic carbocycles. The van der Waals surface area contributed by atoms with Crippen LogP contribution in [0.15, 0.2) is 54.7 Å². The van der Waals surface area contributed by atoms with Crippen LogP contribution in [-0.4, -0.2) is 16.1 Å². The van der Waals surface area contributed by atoms with Crippen molar-refractivity contribution in [3.8, 4) is 5.75 Å². The van der Waals surface area contributed by atoms with Crippen LogP contribution in [0.1, 0.15) is 19.4 Å². The minimum atomic E-state index is 0.0897. The monoisotopic (exact) mass is 368 g/mol. The van der Waals surface area contributed by atoms with E-state index < -0.39 is 0 Å². The van der Waals surface area contributed by atoms with E-state index in [2.05, 4.69) is 20.6 Å². The molecule has 3 aromatic rings. The molecule has 0 atom stereocenters. The van der Waals surface area contributed by atoms with Gasteiger partial charge >= 0.3 is 0 Å². The summed E-state index contributed by atoms with van der Waals surface area (Å²) in [6, 6.07) is 15.3. The Kier molecular flexibility index (Phi) is 5.58. The van der Waals surface area contributed by atoms with Crippen molar-refractivity contribution in [1.29, 1.82) is 0 Å². The molecule has 1 aromatic heterocycles. The lowest BCUT2D eigenvalue weighted by molar-refractivity contribution is 0.244. The third-order valence-corrected chi connectivity index (χ3v) is 4.00. The molecule has 0 amide bonds. The number of nitrogens with zero attached hydrogens (tertiary/aromatic N) is 2. The van der Waals surface area contributed by atoms with Crippen LogP contribution in [0.5, 0.6) is 5.75 Å². The van der Waals surface area contributed by atoms with Crippen molar-refractivity contribution >= 4 is 34.7 Å². The van der Waals surface area contributed by atoms with Gasteiger partial charge in [0.05, 0.1) is 11.8 Å². The van der Waals surface area contributed by atoms with E-state index in [-0.39, 0.29) is 6.10 Å². The Hall–Kier alpha value is -2.79. The second-order valence-electron chi connectivity index (χ2n) is 6.14. The van der Waals surface area contributed by atoms with Crippen molar-refractivity contribution in [1.82, 2.24) is 9.97 Å². The van der Waals surface area contributed by atoms with Gasteiger partial charge in [-0.05, 0) is 56.7 Å². The van der Waals surface area contributed by atoms with Crippen molar-refractivity contribution in [2.75, 3.05) is 10.6 Å². The second kappa shape index (κ2) is 8.06. The molecule has 5 nitrogen and oxygen atoms in total. The second-order valence-corrected chi connectivity index (χ2v) is 6.55. The Morgan fingerprint density at radius 1 is 1.04 bits per heavy atom. The number of ether oxygens (including phenoxy) is 1. The Morgan fingerprint density at radius 3 is 2.62 bits per heavy atom. The van der Waals surface area contributed by atoms with E-state index in [9.17, 15) is 0 Å². The van der Waals surface area contributed by atoms with Gasteiger partial charge in [0, 0.05) is 16.9 Å². The van der Waals surface area contributed by atoms with Gasteiger partial charge in [-0.2, -0.15) is 4.98 Å². The molecule has 0 aliphatic rings. The highest BCUT2D eigenvalue weighted by Gasteiger charge is 2.07. The molecule has 0 aliphatic carbocycles. The molecule has 134 valence electrons. The molecule has 0 fully saturated rings. The van der Waals surface area contributed by atoms with Gasteiger partial charge in [-0.3, -0.25) is 0 Å². The summed E-state index contributed by atoms with van der Waals surface area (Å²) in [6.07, 6.45) is 1.78. The number of halogens is 1. The van der Waals surface area contributed by atoms with E-state index in [4.69, 9.17) is 16.3 Å². The fourth-order valence-electron chi connectivity index (χ4n) is 2.35. The Bertz CT molecular complexity index is 898. The first kappa shape index (κ1) is 18.0. The predicted molar refractivity (Wildman–Crippen MR) is 107 cm³/mol. The Morgan fingerprint density at radius 2 is 1.85 bits per heavy atom. The number of nitrogens with one attached hydrogen (secondary N) is 2. The zero-order valence-corrected chi connectivity index (χ0v) is 15.7. The third-order valence-electron chi connectivity index (χ3n) is 3.60. The van der Waals surface area contributed by atoms with E-state index in [1.165, 1.54) is 0 Å². The number of benzene rings is 2. The summed E-state index contributed by atoms with van der Waals surface area (Å²) in [5.74, 6) is 1.93. The number of para-hydroxylation sites is 2. The molecule has 0 saturated carbocycles. The summed E-state index contributed by atoms with van der Waals surface area (Å²) < 4.78 is 5.83. The van der Waals surface area contributed by atoms with E-state index in [0.29, 0.717) is 16.8 Å². The molecule has 1 heterocycles. The lowest BCUT2D eigenvalue weighted by Gasteiger charge is -2.15. The highest BCUT2D eigenvalue weighted by Crippen LogP contribution is 2.28. The maximum atomic E-state index is 6.17. The standard InChI is InChI=1S/C20H21ClN4O/c1-13(2)26-18-7-5-4-6-17(18)24-19-10-11-22-20(25-19)23-15-9-8-14(3)16(21)12-15/h4-13H,1-3H3,(H2,22,23,24,25). The van der Waals surface area contributed by atoms with Crippen LogP contribution in [-0.2, 0) is 0 Å². The van der Waals surface area contributed by atoms with Crippen molar-refractivity contribution < 1.29 is 4.74 Å². The average molecular weight is 369 g/mol. The first-order chi connectivity index (χ1) is 12.5. The molecular formula is C20H21ClN4O. The number of rotatable bonds is 6. The normalized spacial score (nSPS) is 10.7. The van der Waals surface area contributed by atoms with Crippen LogP contribution < -0.4 is 15.4 Å². The Balaban J connectivity index is 1.78. The van der Waals surface area contributed by atoms with Crippen LogP contribution in [0.25, 0.3) is 0 Å². The van der Waals surface area contributed by atoms with Crippen molar-refractivity contribution in [3.05, 3.63) is 65.3 Å². The van der Waals surface area contributed by atoms with Crippen molar-refractivity contribution in [2.24, 2.45) is 0 Å². The zero-order valence-electron chi connectivity index (χ0n) is 15.0. The molecule has 0 aliphatic heterocycles. The summed E-state index contributed by atoms with van der Waals surface area (Å²) in [5.41, 5.74) is 2.71. The van der Waals surface area contributed by atoms with Crippen LogP contribution in [0.3, 0.4) is 0 Å². The van der Waals surface area contributed by atoms with E-state index in [1.54, 1.807) is 12.3 Å². The van der Waals surface area contributed by atoms with E-state index >= 15 is 0 Å². The van der Waals surface area contributed by atoms with Gasteiger partial charge in [-0.25, -0.2) is 4.98 Å². The topological polar surface area (TPSA) is 59.1 Å². The largest absolute Gasteiger partial charge is 0.489 e. The molecule has 0 unspecified atom stereocenters. The van der Waals surface area contributed by atoms with Gasteiger partial charge in [0.25, 0.3) is 0 Å². The minimum absolute atomic E-state index is 0.0897. The van der Waals surface area contributed by atoms with E-state index in [1.807, 2.05) is 63.2 Å². The van der Waals surface area contributed by atoms with Gasteiger partial charge < -0.3 is 15.4 Å². The predicted octanol–water partition coefficient (Wildman–Crippen LogP) is 5.71. The van der Waals surface area contributed by atoms with E-state index in [0.717, 1.165) is 22.7 Å². The van der Waals surface area contributed by atoms with Gasteiger partial charge in [0.1, 0.15) is 11.6 Å². The summed E-state index contributed by atoms with van der Waals surface area (Å²) in [4.78, 5) is 8.77. The quantitative estimate of drug-likeness (QED) is 0.583. The van der Waals surface area contributed by atoms with Gasteiger partial charge in [0.2, 0.25) is 5.95 Å². The van der Waals surface area contributed by atoms with Crippen LogP contribution in [0.4, 0.5) is 23.1 Å². The molecule has 3 rings (SSSR count). The fourth-order valence-corrected chi connectivity index (χ4v) is 2.53. The highest BCUT2D eigenvalue weighted by molar-refractivity contribution is 6.31. The van der Waals surface area contributed by atoms with Crippen molar-refractivity contribution in [2.45, 2.75) is 26.9 Å². The highest BCUT2D eigenvalue weighted by atomic mass is 35.5. The molecule has 2 N–H and O–H groups in total. The first-order valence-electron chi connectivity index (χ1n) is 8.40. The van der Waals surface area contributed by atoms with Crippen LogP contribution in [0, 0.1) is 6.92 Å². The smallest absolute Gasteiger partial charge is 0.229 e. The van der Waals surface area contributed by atoms with Gasteiger partial charge in [-0.15, -0.1) is 0 Å². The van der Waals surface area contributed by atoms with Crippen LogP contribution in [0.2, 0.25) is 5.02 Å². The molecule has 0 saturated heterocycles. The minimum Gasteiger partial charge on any atom is -0.489 e. The number of hydrogen-bond acceptors (Lipinski definition) is 5. The lowest BCUT2D eigenvalue weighted by atomic mass is 10.2. The summed E-state index contributed by atoms with van der Waals surface area (Å²) in [7, 11) is 0. The Labute approximate surface area is 158 Å². The summed E-state index contributed by atoms with van der Waals surface area (Å²) in [5, 5.41) is 7.15. The molecule has 6 heteroatoms. The lowest BCUT2D eigenvalue weighted by Crippen LogP contribution is -2.07. The molecule has 26 heavy (non-hydrogen) atoms. The fraction of sp³-hybridized carbons (Fsp3) is 0.200. The molecule has 0 spiro atoms. The molecule has 0 bridgehead atoms. The zero-order chi connectivity index (χ0) is 18.5. The third kappa shape index (κ3) is 4.64. The van der Waals surface area contributed by atoms with Gasteiger partial charge in [0.15, 0.2) is 0 Å². The molecular weight excluding hydrogens is 348 g/mol. The maximum Gasteiger partial charge on any atom is 0.229 e. The summed E-state index contributed by atoms with van der Waals surface area (Å²) >= 11 is 6.17. The number of aromatic nitrogens is 2. The summed E-state index contributed by atoms with van der Waals surface area (Å²) in [6.45, 7) is 5.95. The van der Waals surface area contributed by atoms with Crippen LogP contribution >= 0.6 is 11.6 Å². The SMILES string of the molecule is Cc1ccc(Nc2nccc(Nc3ccccc3OC(C)C)n2)cc1Cl. The van der Waals surface area contributed by atoms with Crippen molar-refractivity contribution in [3.63, 3.8) is 0 Å². The first-order valence-corrected chi connectivity index (χ1v) is 8.78. The number of aryl methyl sites for hydroxylation is 1. The number of anilines is 4.